The Labute approximate surface area is 107 Å². The first-order valence-electron chi connectivity index (χ1n) is 4.92. The van der Waals surface area contributed by atoms with E-state index in [0.717, 1.165) is 25.7 Å². The Balaban J connectivity index is 0. The molecule has 0 amide bonds. The zero-order valence-electron chi connectivity index (χ0n) is 9.45. The molecule has 0 aromatic rings. The molecule has 0 aromatic heterocycles. The summed E-state index contributed by atoms with van der Waals surface area (Å²) in [5, 5.41) is 10.6. The summed E-state index contributed by atoms with van der Waals surface area (Å²) in [6.07, 6.45) is 4.11. The molecule has 0 aliphatic heterocycles. The third-order valence-electron chi connectivity index (χ3n) is 2.12. The van der Waals surface area contributed by atoms with Crippen LogP contribution in [0.3, 0.4) is 0 Å². The molecule has 0 saturated heterocycles. The van der Waals surface area contributed by atoms with Gasteiger partial charge in [0.25, 0.3) is 0 Å². The molecule has 1 atom stereocenters. The van der Waals surface area contributed by atoms with E-state index < -0.39 is 17.9 Å². The second kappa shape index (κ2) is 10.2. The monoisotopic (exact) mass is 225 g/mol. The van der Waals surface area contributed by atoms with E-state index in [-0.39, 0.29) is 23.1 Å². The van der Waals surface area contributed by atoms with Gasteiger partial charge in [0.1, 0.15) is 0 Å². The molecular formula is C10H17MgO4. The van der Waals surface area contributed by atoms with Gasteiger partial charge in [-0.2, -0.15) is 0 Å². The van der Waals surface area contributed by atoms with Gasteiger partial charge in [-0.25, -0.2) is 0 Å². The van der Waals surface area contributed by atoms with E-state index in [1.54, 1.807) is 0 Å². The van der Waals surface area contributed by atoms with Crippen molar-refractivity contribution in [1.82, 2.24) is 0 Å². The molecule has 0 aliphatic rings. The van der Waals surface area contributed by atoms with Crippen LogP contribution in [0.15, 0.2) is 0 Å². The number of carboxylic acid groups (broad SMARTS) is 1. The van der Waals surface area contributed by atoms with Crippen LogP contribution in [-0.2, 0) is 14.3 Å². The van der Waals surface area contributed by atoms with Crippen molar-refractivity contribution >= 4 is 35.0 Å². The average molecular weight is 226 g/mol. The van der Waals surface area contributed by atoms with Crippen LogP contribution >= 0.6 is 0 Å². The summed E-state index contributed by atoms with van der Waals surface area (Å²) < 4.78 is 4.37. The Hall–Kier alpha value is -0.294. The Morgan fingerprint density at radius 1 is 1.27 bits per heavy atom. The van der Waals surface area contributed by atoms with Gasteiger partial charge in [-0.1, -0.05) is 32.6 Å². The molecule has 0 aromatic carbocycles. The van der Waals surface area contributed by atoms with Crippen molar-refractivity contribution in [2.45, 2.75) is 39.0 Å². The summed E-state index contributed by atoms with van der Waals surface area (Å²) in [4.78, 5) is 21.5. The Kier molecular flexibility index (Phi) is 11.7. The maximum absolute atomic E-state index is 11.0. The number of hydrogen-bond acceptors (Lipinski definition) is 4. The molecule has 1 radical (unpaired) electrons. The van der Waals surface area contributed by atoms with Crippen molar-refractivity contribution in [2.75, 3.05) is 7.11 Å². The van der Waals surface area contributed by atoms with Gasteiger partial charge in [-0.15, -0.1) is 0 Å². The van der Waals surface area contributed by atoms with E-state index in [1.807, 2.05) is 0 Å². The number of aliphatic carboxylic acids is 1. The van der Waals surface area contributed by atoms with Gasteiger partial charge in [0.15, 0.2) is 0 Å². The van der Waals surface area contributed by atoms with Gasteiger partial charge < -0.3 is 14.6 Å². The summed E-state index contributed by atoms with van der Waals surface area (Å²) in [7, 11) is 1.18. The van der Waals surface area contributed by atoms with Crippen molar-refractivity contribution in [3.63, 3.8) is 0 Å². The molecule has 0 bridgehead atoms. The van der Waals surface area contributed by atoms with Crippen LogP contribution in [0.4, 0.5) is 0 Å². The van der Waals surface area contributed by atoms with Crippen molar-refractivity contribution in [1.29, 1.82) is 0 Å². The van der Waals surface area contributed by atoms with Crippen molar-refractivity contribution in [2.24, 2.45) is 5.92 Å². The zero-order chi connectivity index (χ0) is 11.0. The Morgan fingerprint density at radius 3 is 2.27 bits per heavy atom. The minimum atomic E-state index is -1.34. The van der Waals surface area contributed by atoms with E-state index in [0.29, 0.717) is 6.42 Å². The fourth-order valence-electron chi connectivity index (χ4n) is 1.25. The molecular weight excluding hydrogens is 208 g/mol. The largest absolute Gasteiger partial charge is 1.00 e. The van der Waals surface area contributed by atoms with E-state index in [2.05, 4.69) is 11.7 Å². The van der Waals surface area contributed by atoms with E-state index in [1.165, 1.54) is 7.11 Å². The normalized spacial score (nSPS) is 11.3. The number of carboxylic acids is 1. The second-order valence-electron chi connectivity index (χ2n) is 3.24. The predicted molar refractivity (Wildman–Crippen MR) is 55.0 cm³/mol. The minimum Gasteiger partial charge on any atom is -0.549 e. The van der Waals surface area contributed by atoms with Gasteiger partial charge in [0.05, 0.1) is 19.0 Å². The van der Waals surface area contributed by atoms with Crippen LogP contribution < -0.4 is 5.11 Å². The van der Waals surface area contributed by atoms with Crippen molar-refractivity contribution in [3.05, 3.63) is 0 Å². The van der Waals surface area contributed by atoms with Crippen LogP contribution in [0.5, 0.6) is 0 Å². The molecule has 5 heteroatoms. The molecule has 0 fully saturated rings. The molecule has 83 valence electrons. The van der Waals surface area contributed by atoms with Crippen LogP contribution in [0, 0.1) is 5.92 Å². The third-order valence-corrected chi connectivity index (χ3v) is 2.12. The maximum Gasteiger partial charge on any atom is 1.00 e. The molecule has 0 aliphatic carbocycles. The molecule has 0 saturated carbocycles. The van der Waals surface area contributed by atoms with Crippen LogP contribution in [0.25, 0.3) is 0 Å². The molecule has 0 heterocycles. The van der Waals surface area contributed by atoms with Crippen molar-refractivity contribution in [3.8, 4) is 0 Å². The number of unbranched alkanes of at least 4 members (excludes halogenated alkanes) is 3. The number of methoxy groups -OCH3 is 1. The SMILES string of the molecule is CCCCCCC(C(=O)[O-])C(=O)OC.[Mg+]. The van der Waals surface area contributed by atoms with Gasteiger partial charge in [0, 0.05) is 0 Å². The minimum absolute atomic E-state index is 0. The third kappa shape index (κ3) is 7.61. The summed E-state index contributed by atoms with van der Waals surface area (Å²) in [6, 6.07) is 0. The van der Waals surface area contributed by atoms with Gasteiger partial charge >= 0.3 is 29.0 Å². The molecule has 1 unspecified atom stereocenters. The fourth-order valence-corrected chi connectivity index (χ4v) is 1.25. The second-order valence-corrected chi connectivity index (χ2v) is 3.24. The summed E-state index contributed by atoms with van der Waals surface area (Å²) in [5.41, 5.74) is 0. The van der Waals surface area contributed by atoms with Crippen LogP contribution in [0.1, 0.15) is 39.0 Å². The summed E-state index contributed by atoms with van der Waals surface area (Å²) in [5.74, 6) is -3.15. The molecule has 0 rings (SSSR count). The van der Waals surface area contributed by atoms with E-state index >= 15 is 0 Å². The van der Waals surface area contributed by atoms with Crippen LogP contribution in [-0.4, -0.2) is 42.1 Å². The van der Waals surface area contributed by atoms with Crippen LogP contribution in [0.2, 0.25) is 0 Å². The van der Waals surface area contributed by atoms with Gasteiger partial charge in [0.2, 0.25) is 0 Å². The first-order chi connectivity index (χ1) is 6.63. The number of hydrogen-bond donors (Lipinski definition) is 0. The maximum atomic E-state index is 11.0. The quantitative estimate of drug-likeness (QED) is 0.267. The number of rotatable bonds is 7. The molecule has 4 nitrogen and oxygen atoms in total. The topological polar surface area (TPSA) is 66.4 Å². The fraction of sp³-hybridized carbons (Fsp3) is 0.800. The standard InChI is InChI=1S/C10H18O4.Mg/c1-3-4-5-6-7-8(9(11)12)10(13)14-2;/h8H,3-7H2,1-2H3,(H,11,12);/q;+1/p-1. The Morgan fingerprint density at radius 2 is 1.87 bits per heavy atom. The van der Waals surface area contributed by atoms with E-state index in [4.69, 9.17) is 0 Å². The van der Waals surface area contributed by atoms with Crippen molar-refractivity contribution < 1.29 is 19.4 Å². The summed E-state index contributed by atoms with van der Waals surface area (Å²) >= 11 is 0. The first-order valence-corrected chi connectivity index (χ1v) is 4.92. The molecule has 0 N–H and O–H groups in total. The zero-order valence-corrected chi connectivity index (χ0v) is 10.9. The van der Waals surface area contributed by atoms with Gasteiger partial charge in [-0.05, 0) is 6.42 Å². The number of carbonyl (C=O) groups excluding carboxylic acids is 2. The molecule has 15 heavy (non-hydrogen) atoms. The van der Waals surface area contributed by atoms with Gasteiger partial charge in [-0.3, -0.25) is 4.79 Å². The average Bonchev–Trinajstić information content (AvgIpc) is 2.16. The number of esters is 1. The smallest absolute Gasteiger partial charge is 0.549 e. The predicted octanol–water partition coefficient (Wildman–Crippen LogP) is 0.115. The number of ether oxygens (including phenoxy) is 1. The first kappa shape index (κ1) is 17.1. The molecule has 0 spiro atoms. The Bertz CT molecular complexity index is 194. The van der Waals surface area contributed by atoms with E-state index in [9.17, 15) is 14.7 Å². The number of carbonyl (C=O) groups is 2. The summed E-state index contributed by atoms with van der Waals surface area (Å²) in [6.45, 7) is 2.07.